The molecule has 2 nitrogen and oxygen atoms in total. The van der Waals surface area contributed by atoms with Gasteiger partial charge in [-0.2, -0.15) is 0 Å². The van der Waals surface area contributed by atoms with E-state index in [4.69, 9.17) is 0 Å². The lowest BCUT2D eigenvalue weighted by Crippen LogP contribution is -2.32. The number of rotatable bonds is 2. The summed E-state index contributed by atoms with van der Waals surface area (Å²) in [4.78, 5) is 0. The molecule has 1 saturated carbocycles. The molecule has 10 heavy (non-hydrogen) atoms. The first-order chi connectivity index (χ1) is 4.84. The van der Waals surface area contributed by atoms with E-state index in [0.29, 0.717) is 5.92 Å². The van der Waals surface area contributed by atoms with Gasteiger partial charge < -0.3 is 10.4 Å². The number of aliphatic hydroxyl groups excluding tert-OH is 1. The Hall–Kier alpha value is -0.0800. The van der Waals surface area contributed by atoms with E-state index >= 15 is 0 Å². The molecular formula is C8H17NO. The van der Waals surface area contributed by atoms with Crippen molar-refractivity contribution in [3.63, 3.8) is 0 Å². The Labute approximate surface area is 62.6 Å². The van der Waals surface area contributed by atoms with E-state index in [1.165, 1.54) is 19.3 Å². The molecule has 0 bridgehead atoms. The highest BCUT2D eigenvalue weighted by Crippen LogP contribution is 2.23. The zero-order valence-corrected chi connectivity index (χ0v) is 6.64. The molecular weight excluding hydrogens is 126 g/mol. The molecule has 0 heterocycles. The lowest BCUT2D eigenvalue weighted by molar-refractivity contribution is 0.0707. The van der Waals surface area contributed by atoms with Crippen molar-refractivity contribution in [1.29, 1.82) is 0 Å². The Morgan fingerprint density at radius 2 is 2.10 bits per heavy atom. The van der Waals surface area contributed by atoms with Crippen molar-refractivity contribution >= 4 is 0 Å². The molecule has 60 valence electrons. The molecule has 1 rings (SSSR count). The molecule has 0 amide bonds. The molecule has 0 aromatic heterocycles. The molecule has 1 aliphatic carbocycles. The van der Waals surface area contributed by atoms with Crippen LogP contribution in [0.5, 0.6) is 0 Å². The van der Waals surface area contributed by atoms with Crippen LogP contribution in [0, 0.1) is 5.92 Å². The lowest BCUT2D eigenvalue weighted by Gasteiger charge is -2.26. The zero-order chi connectivity index (χ0) is 7.40. The molecule has 0 aromatic carbocycles. The molecule has 2 atom stereocenters. The van der Waals surface area contributed by atoms with E-state index < -0.39 is 0 Å². The number of aliphatic hydroxyl groups is 1. The first-order valence-corrected chi connectivity index (χ1v) is 4.17. The van der Waals surface area contributed by atoms with Gasteiger partial charge in [-0.05, 0) is 25.8 Å². The Bertz CT molecular complexity index is 93.3. The smallest absolute Gasteiger partial charge is 0.0580 e. The monoisotopic (exact) mass is 143 g/mol. The van der Waals surface area contributed by atoms with Gasteiger partial charge in [-0.25, -0.2) is 0 Å². The lowest BCUT2D eigenvalue weighted by atomic mass is 9.86. The summed E-state index contributed by atoms with van der Waals surface area (Å²) in [6, 6.07) is 0. The SMILES string of the molecule is CNCC1CCCC[C@H]1O. The van der Waals surface area contributed by atoms with Crippen LogP contribution in [-0.4, -0.2) is 24.8 Å². The van der Waals surface area contributed by atoms with E-state index in [1.807, 2.05) is 7.05 Å². The largest absolute Gasteiger partial charge is 0.393 e. The summed E-state index contributed by atoms with van der Waals surface area (Å²) < 4.78 is 0. The van der Waals surface area contributed by atoms with Crippen LogP contribution in [-0.2, 0) is 0 Å². The zero-order valence-electron chi connectivity index (χ0n) is 6.64. The van der Waals surface area contributed by atoms with Gasteiger partial charge in [-0.3, -0.25) is 0 Å². The summed E-state index contributed by atoms with van der Waals surface area (Å²) in [5, 5.41) is 12.6. The Morgan fingerprint density at radius 3 is 2.70 bits per heavy atom. The number of hydrogen-bond donors (Lipinski definition) is 2. The van der Waals surface area contributed by atoms with Gasteiger partial charge in [0.2, 0.25) is 0 Å². The summed E-state index contributed by atoms with van der Waals surface area (Å²) in [5.74, 6) is 0.513. The van der Waals surface area contributed by atoms with Gasteiger partial charge in [0.25, 0.3) is 0 Å². The van der Waals surface area contributed by atoms with Crippen molar-refractivity contribution in [2.45, 2.75) is 31.8 Å². The van der Waals surface area contributed by atoms with Crippen LogP contribution in [0.25, 0.3) is 0 Å². The Kier molecular flexibility index (Phi) is 3.16. The van der Waals surface area contributed by atoms with Gasteiger partial charge in [0.05, 0.1) is 6.10 Å². The average molecular weight is 143 g/mol. The van der Waals surface area contributed by atoms with Crippen molar-refractivity contribution in [1.82, 2.24) is 5.32 Å². The quantitative estimate of drug-likeness (QED) is 0.598. The fourth-order valence-corrected chi connectivity index (χ4v) is 1.69. The third kappa shape index (κ3) is 1.96. The summed E-state index contributed by atoms with van der Waals surface area (Å²) >= 11 is 0. The first kappa shape index (κ1) is 8.02. The molecule has 0 aliphatic heterocycles. The number of nitrogens with one attached hydrogen (secondary N) is 1. The van der Waals surface area contributed by atoms with Gasteiger partial charge in [0.1, 0.15) is 0 Å². The summed E-state index contributed by atoms with van der Waals surface area (Å²) in [7, 11) is 1.95. The van der Waals surface area contributed by atoms with E-state index in [-0.39, 0.29) is 6.10 Å². The fourth-order valence-electron chi connectivity index (χ4n) is 1.69. The minimum Gasteiger partial charge on any atom is -0.393 e. The molecule has 0 radical (unpaired) electrons. The van der Waals surface area contributed by atoms with Crippen LogP contribution >= 0.6 is 0 Å². The second kappa shape index (κ2) is 3.94. The van der Waals surface area contributed by atoms with E-state index in [2.05, 4.69) is 5.32 Å². The van der Waals surface area contributed by atoms with Crippen LogP contribution in [0.2, 0.25) is 0 Å². The molecule has 2 heteroatoms. The van der Waals surface area contributed by atoms with Crippen molar-refractivity contribution in [2.75, 3.05) is 13.6 Å². The maximum Gasteiger partial charge on any atom is 0.0580 e. The molecule has 1 fully saturated rings. The highest BCUT2D eigenvalue weighted by atomic mass is 16.3. The van der Waals surface area contributed by atoms with Crippen LogP contribution < -0.4 is 5.32 Å². The summed E-state index contributed by atoms with van der Waals surface area (Å²) in [6.07, 6.45) is 4.67. The van der Waals surface area contributed by atoms with Crippen molar-refractivity contribution < 1.29 is 5.11 Å². The average Bonchev–Trinajstić information content (AvgIpc) is 1.94. The van der Waals surface area contributed by atoms with Crippen LogP contribution in [0.15, 0.2) is 0 Å². The predicted molar refractivity (Wildman–Crippen MR) is 41.9 cm³/mol. The topological polar surface area (TPSA) is 32.3 Å². The molecule has 0 spiro atoms. The number of hydrogen-bond acceptors (Lipinski definition) is 2. The van der Waals surface area contributed by atoms with Crippen LogP contribution in [0.3, 0.4) is 0 Å². The van der Waals surface area contributed by atoms with E-state index in [9.17, 15) is 5.11 Å². The highest BCUT2D eigenvalue weighted by molar-refractivity contribution is 4.75. The minimum atomic E-state index is -0.0406. The Morgan fingerprint density at radius 1 is 1.40 bits per heavy atom. The van der Waals surface area contributed by atoms with Gasteiger partial charge in [-0.15, -0.1) is 0 Å². The van der Waals surface area contributed by atoms with Crippen molar-refractivity contribution in [3.8, 4) is 0 Å². The molecule has 0 saturated heterocycles. The normalized spacial score (nSPS) is 34.2. The predicted octanol–water partition coefficient (Wildman–Crippen LogP) is 0.757. The second-order valence-electron chi connectivity index (χ2n) is 3.17. The van der Waals surface area contributed by atoms with Gasteiger partial charge >= 0.3 is 0 Å². The highest BCUT2D eigenvalue weighted by Gasteiger charge is 2.21. The summed E-state index contributed by atoms with van der Waals surface area (Å²) in [5.41, 5.74) is 0. The maximum absolute atomic E-state index is 9.46. The van der Waals surface area contributed by atoms with Crippen LogP contribution in [0.1, 0.15) is 25.7 Å². The molecule has 1 aliphatic rings. The second-order valence-corrected chi connectivity index (χ2v) is 3.17. The first-order valence-electron chi connectivity index (χ1n) is 4.17. The Balaban J connectivity index is 2.25. The fraction of sp³-hybridized carbons (Fsp3) is 1.00. The third-order valence-electron chi connectivity index (χ3n) is 2.34. The maximum atomic E-state index is 9.46. The van der Waals surface area contributed by atoms with E-state index in [0.717, 1.165) is 13.0 Å². The molecule has 0 aromatic rings. The van der Waals surface area contributed by atoms with E-state index in [1.54, 1.807) is 0 Å². The molecule has 2 N–H and O–H groups in total. The van der Waals surface area contributed by atoms with Crippen molar-refractivity contribution in [2.24, 2.45) is 5.92 Å². The van der Waals surface area contributed by atoms with Gasteiger partial charge in [-0.1, -0.05) is 12.8 Å². The van der Waals surface area contributed by atoms with Crippen molar-refractivity contribution in [3.05, 3.63) is 0 Å². The van der Waals surface area contributed by atoms with Crippen LogP contribution in [0.4, 0.5) is 0 Å². The standard InChI is InChI=1S/C8H17NO/c1-9-6-7-4-2-3-5-8(7)10/h7-10H,2-6H2,1H3/t7?,8-/m1/s1. The molecule has 1 unspecified atom stereocenters. The van der Waals surface area contributed by atoms with Gasteiger partial charge in [0.15, 0.2) is 0 Å². The minimum absolute atomic E-state index is 0.0406. The summed E-state index contributed by atoms with van der Waals surface area (Å²) in [6.45, 7) is 0.973. The third-order valence-corrected chi connectivity index (χ3v) is 2.34. The van der Waals surface area contributed by atoms with Gasteiger partial charge in [0, 0.05) is 6.54 Å².